The summed E-state index contributed by atoms with van der Waals surface area (Å²) < 4.78 is 37.6. The van der Waals surface area contributed by atoms with Crippen molar-refractivity contribution < 1.29 is 18.1 Å². The van der Waals surface area contributed by atoms with E-state index in [0.29, 0.717) is 18.4 Å². The van der Waals surface area contributed by atoms with Gasteiger partial charge in [0.05, 0.1) is 17.9 Å². The summed E-state index contributed by atoms with van der Waals surface area (Å²) in [5, 5.41) is 0. The maximum atomic E-state index is 14.1. The highest BCUT2D eigenvalue weighted by atomic mass is 19.1. The zero-order chi connectivity index (χ0) is 12.8. The molecule has 5 heteroatoms. The zero-order valence-electron chi connectivity index (χ0n) is 10.8. The molecule has 2 nitrogen and oxygen atoms in total. The molecule has 2 aliphatic rings. The second-order valence-electron chi connectivity index (χ2n) is 5.97. The molecule has 0 aromatic heterocycles. The fraction of sp³-hybridized carbons (Fsp3) is 0.833. The SMILES string of the molecule is CC1(C)OB(C(F)=C2CC(CF)C2)OC1(C)C. The van der Waals surface area contributed by atoms with Crippen LogP contribution in [0.5, 0.6) is 0 Å². The standard InChI is InChI=1S/C12H19BF2O2/c1-11(2)12(3,4)17-13(16-11)10(15)9-5-8(6-9)7-14/h8H,5-7H2,1-4H3. The summed E-state index contributed by atoms with van der Waals surface area (Å²) in [7, 11) is -0.921. The van der Waals surface area contributed by atoms with E-state index in [1.807, 2.05) is 27.7 Å². The predicted octanol–water partition coefficient (Wildman–Crippen LogP) is 3.22. The van der Waals surface area contributed by atoms with E-state index in [1.54, 1.807) is 0 Å². The van der Waals surface area contributed by atoms with Gasteiger partial charge in [-0.3, -0.25) is 4.39 Å². The summed E-state index contributed by atoms with van der Waals surface area (Å²) in [6.45, 7) is 7.17. The van der Waals surface area contributed by atoms with Gasteiger partial charge in [0.15, 0.2) is 0 Å². The highest BCUT2D eigenvalue weighted by Gasteiger charge is 2.54. The van der Waals surface area contributed by atoms with Crippen molar-refractivity contribution in [3.63, 3.8) is 0 Å². The van der Waals surface area contributed by atoms with E-state index in [4.69, 9.17) is 9.31 Å². The van der Waals surface area contributed by atoms with Gasteiger partial charge in [0, 0.05) is 0 Å². The Morgan fingerprint density at radius 1 is 1.24 bits per heavy atom. The van der Waals surface area contributed by atoms with E-state index in [0.717, 1.165) is 0 Å². The molecule has 0 unspecified atom stereocenters. The highest BCUT2D eigenvalue weighted by Crippen LogP contribution is 2.43. The van der Waals surface area contributed by atoms with Crippen LogP contribution in [0.3, 0.4) is 0 Å². The molecule has 1 heterocycles. The fourth-order valence-electron chi connectivity index (χ4n) is 2.05. The largest absolute Gasteiger partial charge is 0.525 e. The van der Waals surface area contributed by atoms with E-state index in [2.05, 4.69) is 0 Å². The minimum Gasteiger partial charge on any atom is -0.398 e. The lowest BCUT2D eigenvalue weighted by atomic mass is 9.73. The Balaban J connectivity index is 2.07. The van der Waals surface area contributed by atoms with E-state index >= 15 is 0 Å². The Hall–Kier alpha value is -0.415. The average Bonchev–Trinajstić information content (AvgIpc) is 2.34. The second-order valence-corrected chi connectivity index (χ2v) is 5.97. The van der Waals surface area contributed by atoms with Crippen molar-refractivity contribution in [3.8, 4) is 0 Å². The van der Waals surface area contributed by atoms with Crippen LogP contribution >= 0.6 is 0 Å². The third-order valence-electron chi connectivity index (χ3n) is 4.09. The molecule has 0 N–H and O–H groups in total. The normalized spacial score (nSPS) is 30.4. The van der Waals surface area contributed by atoms with E-state index < -0.39 is 18.3 Å². The van der Waals surface area contributed by atoms with Gasteiger partial charge < -0.3 is 9.31 Å². The number of halogens is 2. The molecule has 0 radical (unpaired) electrons. The molecule has 1 aliphatic carbocycles. The van der Waals surface area contributed by atoms with Crippen LogP contribution in [0.1, 0.15) is 40.5 Å². The average molecular weight is 244 g/mol. The van der Waals surface area contributed by atoms with Crippen molar-refractivity contribution in [2.45, 2.75) is 51.7 Å². The van der Waals surface area contributed by atoms with Crippen molar-refractivity contribution >= 4 is 7.12 Å². The lowest BCUT2D eigenvalue weighted by Crippen LogP contribution is -2.41. The van der Waals surface area contributed by atoms with Crippen LogP contribution in [0, 0.1) is 5.92 Å². The van der Waals surface area contributed by atoms with Gasteiger partial charge in [-0.25, -0.2) is 4.39 Å². The number of allylic oxidation sites excluding steroid dienone is 1. The Kier molecular flexibility index (Phi) is 3.11. The molecule has 2 rings (SSSR count). The Labute approximate surface area is 102 Å². The Bertz CT molecular complexity index is 328. The van der Waals surface area contributed by atoms with Crippen LogP contribution in [-0.4, -0.2) is 25.0 Å². The quantitative estimate of drug-likeness (QED) is 0.694. The molecule has 0 aromatic carbocycles. The Morgan fingerprint density at radius 2 is 1.71 bits per heavy atom. The van der Waals surface area contributed by atoms with Crippen molar-refractivity contribution in [1.82, 2.24) is 0 Å². The van der Waals surface area contributed by atoms with Crippen molar-refractivity contribution in [2.75, 3.05) is 6.67 Å². The maximum absolute atomic E-state index is 14.1. The predicted molar refractivity (Wildman–Crippen MR) is 62.9 cm³/mol. The summed E-state index contributed by atoms with van der Waals surface area (Å²) in [4.78, 5) is 0. The first-order valence-electron chi connectivity index (χ1n) is 6.06. The van der Waals surface area contributed by atoms with Gasteiger partial charge in [-0.1, -0.05) is 0 Å². The lowest BCUT2D eigenvalue weighted by Gasteiger charge is -2.32. The topological polar surface area (TPSA) is 18.5 Å². The molecular weight excluding hydrogens is 225 g/mol. The first-order chi connectivity index (χ1) is 7.77. The van der Waals surface area contributed by atoms with E-state index in [-0.39, 0.29) is 18.3 Å². The summed E-state index contributed by atoms with van der Waals surface area (Å²) in [6, 6.07) is 0. The van der Waals surface area contributed by atoms with Gasteiger partial charge in [-0.05, 0) is 52.0 Å². The Morgan fingerprint density at radius 3 is 2.12 bits per heavy atom. The molecule has 17 heavy (non-hydrogen) atoms. The first-order valence-corrected chi connectivity index (χ1v) is 6.06. The molecule has 1 saturated heterocycles. The number of hydrogen-bond acceptors (Lipinski definition) is 2. The number of hydrogen-bond donors (Lipinski definition) is 0. The summed E-state index contributed by atoms with van der Waals surface area (Å²) in [5.41, 5.74) is -0.767. The van der Waals surface area contributed by atoms with Crippen LogP contribution in [0.25, 0.3) is 0 Å². The van der Waals surface area contributed by atoms with Gasteiger partial charge in [-0.2, -0.15) is 0 Å². The first kappa shape index (κ1) is 13.0. The van der Waals surface area contributed by atoms with Gasteiger partial charge in [0.1, 0.15) is 5.73 Å². The molecule has 1 saturated carbocycles. The molecule has 0 bridgehead atoms. The molecule has 96 valence electrons. The van der Waals surface area contributed by atoms with Crippen LogP contribution in [-0.2, 0) is 9.31 Å². The number of alkyl halides is 1. The van der Waals surface area contributed by atoms with E-state index in [9.17, 15) is 8.78 Å². The van der Waals surface area contributed by atoms with Crippen LogP contribution in [0.2, 0.25) is 0 Å². The van der Waals surface area contributed by atoms with Crippen molar-refractivity contribution in [3.05, 3.63) is 11.3 Å². The molecular formula is C12H19BF2O2. The molecule has 0 amide bonds. The van der Waals surface area contributed by atoms with E-state index in [1.165, 1.54) is 0 Å². The lowest BCUT2D eigenvalue weighted by molar-refractivity contribution is 0.00578. The maximum Gasteiger partial charge on any atom is 0.525 e. The molecule has 0 atom stereocenters. The zero-order valence-corrected chi connectivity index (χ0v) is 10.8. The second kappa shape index (κ2) is 4.06. The molecule has 0 spiro atoms. The number of rotatable bonds is 2. The third-order valence-corrected chi connectivity index (χ3v) is 4.09. The summed E-state index contributed by atoms with van der Waals surface area (Å²) >= 11 is 0. The van der Waals surface area contributed by atoms with Crippen LogP contribution in [0.4, 0.5) is 8.78 Å². The third kappa shape index (κ3) is 2.15. The molecule has 1 aliphatic heterocycles. The summed E-state index contributed by atoms with van der Waals surface area (Å²) in [6.07, 6.45) is 0.985. The summed E-state index contributed by atoms with van der Waals surface area (Å²) in [5.74, 6) is -0.0156. The van der Waals surface area contributed by atoms with Gasteiger partial charge >= 0.3 is 7.12 Å². The monoisotopic (exact) mass is 244 g/mol. The highest BCUT2D eigenvalue weighted by molar-refractivity contribution is 6.53. The van der Waals surface area contributed by atoms with Crippen molar-refractivity contribution in [2.24, 2.45) is 5.92 Å². The molecule has 2 fully saturated rings. The van der Waals surface area contributed by atoms with Gasteiger partial charge in [0.2, 0.25) is 0 Å². The van der Waals surface area contributed by atoms with Crippen LogP contribution in [0.15, 0.2) is 11.3 Å². The fourth-order valence-corrected chi connectivity index (χ4v) is 2.05. The minimum atomic E-state index is -0.921. The van der Waals surface area contributed by atoms with Gasteiger partial charge in [-0.15, -0.1) is 0 Å². The van der Waals surface area contributed by atoms with Crippen LogP contribution < -0.4 is 0 Å². The van der Waals surface area contributed by atoms with Gasteiger partial charge in [0.25, 0.3) is 0 Å². The molecule has 0 aromatic rings. The van der Waals surface area contributed by atoms with Crippen molar-refractivity contribution in [1.29, 1.82) is 0 Å². The minimum absolute atomic E-state index is 0.0156. The smallest absolute Gasteiger partial charge is 0.398 e.